The first kappa shape index (κ1) is 32.6. The van der Waals surface area contributed by atoms with Crippen molar-refractivity contribution in [3.8, 4) is 22.5 Å². The Balaban J connectivity index is 1.28. The smallest absolute Gasteiger partial charge is 0.0737 e. The fourth-order valence-electron chi connectivity index (χ4n) is 9.40. The van der Waals surface area contributed by atoms with Gasteiger partial charge >= 0.3 is 0 Å². The Bertz CT molecular complexity index is 3280. The zero-order chi connectivity index (χ0) is 38.2. The predicted octanol–water partition coefficient (Wildman–Crippen LogP) is 14.6. The van der Waals surface area contributed by atoms with Crippen molar-refractivity contribution in [2.75, 3.05) is 0 Å². The molecule has 0 N–H and O–H groups in total. The van der Waals surface area contributed by atoms with Crippen LogP contribution in [-0.4, -0.2) is 9.97 Å². The second-order valence-corrected chi connectivity index (χ2v) is 15.2. The zero-order valence-electron chi connectivity index (χ0n) is 31.5. The second kappa shape index (κ2) is 12.9. The largest absolute Gasteiger partial charge is 0.248 e. The number of benzene rings is 10. The van der Waals surface area contributed by atoms with Gasteiger partial charge in [-0.15, -0.1) is 0 Å². The SMILES string of the molecule is c1ccc(-c2cccc(C(=C(c3ccc4ccc5cccc6ccc3c4c56)c3ccc4ccc5cccc6ccc3c4c56)c3cccc(-c4ccccc4)n3)n2)cc1. The normalized spacial score (nSPS) is 11.8. The first-order valence-electron chi connectivity index (χ1n) is 19.9. The van der Waals surface area contributed by atoms with Crippen molar-refractivity contribution in [1.29, 1.82) is 0 Å². The highest BCUT2D eigenvalue weighted by atomic mass is 14.8. The highest BCUT2D eigenvalue weighted by Crippen LogP contribution is 2.46. The second-order valence-electron chi connectivity index (χ2n) is 15.2. The molecule has 12 aromatic rings. The molecule has 0 aliphatic heterocycles. The quantitative estimate of drug-likeness (QED) is 0.159. The van der Waals surface area contributed by atoms with Crippen LogP contribution in [0.2, 0.25) is 0 Å². The number of rotatable bonds is 6. The maximum atomic E-state index is 5.52. The lowest BCUT2D eigenvalue weighted by Gasteiger charge is -2.22. The van der Waals surface area contributed by atoms with Crippen molar-refractivity contribution < 1.29 is 0 Å². The summed E-state index contributed by atoms with van der Waals surface area (Å²) >= 11 is 0. The molecule has 12 rings (SSSR count). The Morgan fingerprint density at radius 1 is 0.259 bits per heavy atom. The van der Waals surface area contributed by atoms with E-state index in [2.05, 4.69) is 206 Å². The van der Waals surface area contributed by atoms with Crippen LogP contribution in [0.5, 0.6) is 0 Å². The van der Waals surface area contributed by atoms with Crippen LogP contribution in [0.25, 0.3) is 98.3 Å². The minimum absolute atomic E-state index is 0.866. The molecule has 0 bridgehead atoms. The fourth-order valence-corrected chi connectivity index (χ4v) is 9.40. The van der Waals surface area contributed by atoms with E-state index < -0.39 is 0 Å². The maximum absolute atomic E-state index is 5.52. The molecule has 10 aromatic carbocycles. The average Bonchev–Trinajstić information content (AvgIpc) is 3.30. The van der Waals surface area contributed by atoms with Crippen molar-refractivity contribution in [3.05, 3.63) is 229 Å². The molecule has 0 atom stereocenters. The summed E-state index contributed by atoms with van der Waals surface area (Å²) in [5, 5.41) is 15.0. The Kier molecular flexibility index (Phi) is 7.26. The summed E-state index contributed by atoms with van der Waals surface area (Å²) in [5.74, 6) is 0. The van der Waals surface area contributed by atoms with Gasteiger partial charge in [-0.3, -0.25) is 0 Å². The predicted molar refractivity (Wildman–Crippen MR) is 245 cm³/mol. The lowest BCUT2D eigenvalue weighted by molar-refractivity contribution is 1.23. The molecule has 0 radical (unpaired) electrons. The highest BCUT2D eigenvalue weighted by Gasteiger charge is 2.25. The Labute approximate surface area is 335 Å². The third kappa shape index (κ3) is 5.05. The summed E-state index contributed by atoms with van der Waals surface area (Å²) in [5.41, 5.74) is 10.1. The molecule has 0 saturated heterocycles. The molecule has 268 valence electrons. The average molecular weight is 735 g/mol. The Hall–Kier alpha value is -7.68. The van der Waals surface area contributed by atoms with Crippen LogP contribution < -0.4 is 0 Å². The van der Waals surface area contributed by atoms with E-state index in [1.165, 1.54) is 64.6 Å². The van der Waals surface area contributed by atoms with Crippen molar-refractivity contribution in [1.82, 2.24) is 9.97 Å². The van der Waals surface area contributed by atoms with Crippen LogP contribution in [-0.2, 0) is 0 Å². The minimum Gasteiger partial charge on any atom is -0.248 e. The first-order valence-corrected chi connectivity index (χ1v) is 19.9. The standard InChI is InChI=1S/C56H34N2/c1-3-11-35(12-4-1)47-19-9-21-49(57-47)56(50-22-10-20-48(58-50)36-13-5-2-6-14-36)55(45-33-29-41-25-23-37-15-7-17-39-27-31-43(45)53(41)51(37)39)46-34-30-42-26-24-38-16-8-18-40-28-32-44(46)54(42)52(38)40/h1-34H. The first-order chi connectivity index (χ1) is 28.8. The molecule has 0 unspecified atom stereocenters. The molecule has 2 nitrogen and oxygen atoms in total. The Morgan fingerprint density at radius 3 is 1.05 bits per heavy atom. The highest BCUT2D eigenvalue weighted by molar-refractivity contribution is 6.29. The van der Waals surface area contributed by atoms with Crippen molar-refractivity contribution >= 4 is 75.8 Å². The monoisotopic (exact) mass is 734 g/mol. The van der Waals surface area contributed by atoms with Crippen LogP contribution in [0.15, 0.2) is 206 Å². The third-order valence-electron chi connectivity index (χ3n) is 12.0. The summed E-state index contributed by atoms with van der Waals surface area (Å²) in [6, 6.07) is 74.5. The molecular formula is C56H34N2. The van der Waals surface area contributed by atoms with Crippen molar-refractivity contribution in [3.63, 3.8) is 0 Å². The summed E-state index contributed by atoms with van der Waals surface area (Å²) in [7, 11) is 0. The van der Waals surface area contributed by atoms with Gasteiger partial charge in [0.25, 0.3) is 0 Å². The summed E-state index contributed by atoms with van der Waals surface area (Å²) in [6.07, 6.45) is 0. The van der Waals surface area contributed by atoms with Gasteiger partial charge in [0.1, 0.15) is 0 Å². The van der Waals surface area contributed by atoms with E-state index in [0.29, 0.717) is 0 Å². The third-order valence-corrected chi connectivity index (χ3v) is 12.0. The molecule has 0 saturated carbocycles. The van der Waals surface area contributed by atoms with Gasteiger partial charge in [-0.05, 0) is 100 Å². The number of aromatic nitrogens is 2. The topological polar surface area (TPSA) is 25.8 Å². The lowest BCUT2D eigenvalue weighted by Crippen LogP contribution is -2.04. The van der Waals surface area contributed by atoms with E-state index in [1.807, 2.05) is 0 Å². The summed E-state index contributed by atoms with van der Waals surface area (Å²) < 4.78 is 0. The number of hydrogen-bond acceptors (Lipinski definition) is 2. The molecule has 2 aromatic heterocycles. The van der Waals surface area contributed by atoms with Crippen LogP contribution in [0, 0.1) is 0 Å². The van der Waals surface area contributed by atoms with Gasteiger partial charge < -0.3 is 0 Å². The maximum Gasteiger partial charge on any atom is 0.0737 e. The molecule has 0 aliphatic carbocycles. The molecule has 0 spiro atoms. The van der Waals surface area contributed by atoms with Crippen molar-refractivity contribution in [2.45, 2.75) is 0 Å². The van der Waals surface area contributed by atoms with E-state index >= 15 is 0 Å². The van der Waals surface area contributed by atoms with E-state index in [9.17, 15) is 0 Å². The molecule has 0 fully saturated rings. The Morgan fingerprint density at radius 2 is 0.621 bits per heavy atom. The fraction of sp³-hybridized carbons (Fsp3) is 0. The molecular weight excluding hydrogens is 701 g/mol. The molecule has 0 amide bonds. The molecule has 2 heterocycles. The number of hydrogen-bond donors (Lipinski definition) is 0. The number of pyridine rings is 2. The van der Waals surface area contributed by atoms with Crippen LogP contribution in [0.1, 0.15) is 22.5 Å². The molecule has 2 heteroatoms. The van der Waals surface area contributed by atoms with E-state index in [1.54, 1.807) is 0 Å². The van der Waals surface area contributed by atoms with Crippen LogP contribution >= 0.6 is 0 Å². The zero-order valence-corrected chi connectivity index (χ0v) is 31.5. The van der Waals surface area contributed by atoms with Gasteiger partial charge in [0.15, 0.2) is 0 Å². The van der Waals surface area contributed by atoms with Gasteiger partial charge in [-0.1, -0.05) is 182 Å². The number of nitrogens with zero attached hydrogens (tertiary/aromatic N) is 2. The van der Waals surface area contributed by atoms with Crippen molar-refractivity contribution in [2.24, 2.45) is 0 Å². The molecule has 58 heavy (non-hydrogen) atoms. The summed E-state index contributed by atoms with van der Waals surface area (Å²) in [4.78, 5) is 11.0. The van der Waals surface area contributed by atoms with E-state index in [4.69, 9.17) is 9.97 Å². The van der Waals surface area contributed by atoms with Gasteiger partial charge in [0.2, 0.25) is 0 Å². The van der Waals surface area contributed by atoms with Gasteiger partial charge in [0.05, 0.1) is 22.8 Å². The van der Waals surface area contributed by atoms with Gasteiger partial charge in [0, 0.05) is 22.3 Å². The minimum atomic E-state index is 0.866. The van der Waals surface area contributed by atoms with E-state index in [-0.39, 0.29) is 0 Å². The molecule has 0 aliphatic rings. The van der Waals surface area contributed by atoms with Gasteiger partial charge in [-0.2, -0.15) is 0 Å². The van der Waals surface area contributed by atoms with Crippen LogP contribution in [0.3, 0.4) is 0 Å². The van der Waals surface area contributed by atoms with Gasteiger partial charge in [-0.25, -0.2) is 9.97 Å². The van der Waals surface area contributed by atoms with E-state index in [0.717, 1.165) is 56.2 Å². The summed E-state index contributed by atoms with van der Waals surface area (Å²) in [6.45, 7) is 0. The lowest BCUT2D eigenvalue weighted by atomic mass is 9.81. The van der Waals surface area contributed by atoms with Crippen LogP contribution in [0.4, 0.5) is 0 Å².